The third-order valence-corrected chi connectivity index (χ3v) is 6.57. The Labute approximate surface area is 199 Å². The largest absolute Gasteiger partial charge is 0.352 e. The van der Waals surface area contributed by atoms with Gasteiger partial charge in [0.2, 0.25) is 0 Å². The lowest BCUT2D eigenvalue weighted by molar-refractivity contribution is 0.310. The average molecular weight is 455 g/mol. The van der Waals surface area contributed by atoms with Crippen LogP contribution in [0.1, 0.15) is 45.9 Å². The summed E-state index contributed by atoms with van der Waals surface area (Å²) in [5.41, 5.74) is 6.79. The molecular weight excluding hydrogens is 428 g/mol. The molecule has 4 aromatic rings. The van der Waals surface area contributed by atoms with E-state index >= 15 is 0 Å². The van der Waals surface area contributed by atoms with Crippen LogP contribution >= 0.6 is 12.2 Å². The standard InChI is InChI=1S/C26H26N6S/c1-17-7-8-23(29-15-17)32-18(2)14-21(19(32)3)25-24(22-6-4-5-11-28-22)30-26(33)31(25)16-20-9-12-27-13-10-20/h4-15,24-25H,16H2,1-3H3,(H,30,33)/t24-,25-/m1/s1. The Hall–Kier alpha value is -3.58. The predicted octanol–water partition coefficient (Wildman–Crippen LogP) is 4.76. The van der Waals surface area contributed by atoms with Gasteiger partial charge in [-0.2, -0.15) is 0 Å². The van der Waals surface area contributed by atoms with E-state index in [-0.39, 0.29) is 12.1 Å². The van der Waals surface area contributed by atoms with Gasteiger partial charge >= 0.3 is 0 Å². The number of aryl methyl sites for hydroxylation is 2. The first-order valence-corrected chi connectivity index (χ1v) is 11.4. The van der Waals surface area contributed by atoms with Crippen molar-refractivity contribution in [2.24, 2.45) is 0 Å². The monoisotopic (exact) mass is 454 g/mol. The van der Waals surface area contributed by atoms with Crippen molar-refractivity contribution in [3.05, 3.63) is 107 Å². The number of pyridine rings is 3. The second-order valence-corrected chi connectivity index (χ2v) is 8.85. The third kappa shape index (κ3) is 4.00. The van der Waals surface area contributed by atoms with Crippen LogP contribution in [0.5, 0.6) is 0 Å². The van der Waals surface area contributed by atoms with Crippen molar-refractivity contribution in [2.75, 3.05) is 0 Å². The Bertz CT molecular complexity index is 1270. The molecule has 0 aliphatic carbocycles. The molecule has 0 bridgehead atoms. The molecular formula is C26H26N6S. The lowest BCUT2D eigenvalue weighted by Gasteiger charge is -2.28. The summed E-state index contributed by atoms with van der Waals surface area (Å²) in [6.07, 6.45) is 7.39. The molecule has 166 valence electrons. The van der Waals surface area contributed by atoms with E-state index in [2.05, 4.69) is 74.8 Å². The Balaban J connectivity index is 1.61. The lowest BCUT2D eigenvalue weighted by atomic mass is 9.96. The van der Waals surface area contributed by atoms with E-state index in [0.29, 0.717) is 6.54 Å². The molecule has 1 saturated heterocycles. The average Bonchev–Trinajstić information content (AvgIpc) is 3.31. The summed E-state index contributed by atoms with van der Waals surface area (Å²) in [6, 6.07) is 16.5. The molecule has 0 spiro atoms. The van der Waals surface area contributed by atoms with Crippen LogP contribution in [-0.4, -0.2) is 29.5 Å². The van der Waals surface area contributed by atoms with Gasteiger partial charge in [-0.05, 0) is 86.1 Å². The summed E-state index contributed by atoms with van der Waals surface area (Å²) in [6.45, 7) is 7.03. The number of hydrogen-bond donors (Lipinski definition) is 1. The second kappa shape index (κ2) is 8.75. The quantitative estimate of drug-likeness (QED) is 0.439. The molecule has 4 aromatic heterocycles. The van der Waals surface area contributed by atoms with Crippen LogP contribution in [0.3, 0.4) is 0 Å². The van der Waals surface area contributed by atoms with Crippen LogP contribution in [-0.2, 0) is 6.54 Å². The summed E-state index contributed by atoms with van der Waals surface area (Å²) in [5.74, 6) is 0.922. The molecule has 1 aliphatic heterocycles. The van der Waals surface area contributed by atoms with E-state index in [1.54, 1.807) is 0 Å². The maximum atomic E-state index is 5.84. The number of aromatic nitrogens is 4. The maximum Gasteiger partial charge on any atom is 0.170 e. The molecule has 1 aliphatic rings. The van der Waals surface area contributed by atoms with Crippen molar-refractivity contribution in [1.82, 2.24) is 29.7 Å². The molecule has 1 N–H and O–H groups in total. The maximum absolute atomic E-state index is 5.84. The van der Waals surface area contributed by atoms with E-state index in [0.717, 1.165) is 39.1 Å². The lowest BCUT2D eigenvalue weighted by Crippen LogP contribution is -2.29. The Kier molecular flexibility index (Phi) is 5.64. The van der Waals surface area contributed by atoms with Gasteiger partial charge in [-0.1, -0.05) is 12.1 Å². The van der Waals surface area contributed by atoms with Crippen molar-refractivity contribution in [2.45, 2.75) is 39.4 Å². The van der Waals surface area contributed by atoms with E-state index in [9.17, 15) is 0 Å². The minimum absolute atomic E-state index is 0.00837. The van der Waals surface area contributed by atoms with Crippen LogP contribution < -0.4 is 5.32 Å². The number of nitrogens with one attached hydrogen (secondary N) is 1. The number of rotatable bonds is 5. The zero-order valence-electron chi connectivity index (χ0n) is 18.9. The molecule has 0 saturated carbocycles. The topological polar surface area (TPSA) is 58.9 Å². The normalized spacial score (nSPS) is 17.9. The highest BCUT2D eigenvalue weighted by Gasteiger charge is 2.41. The van der Waals surface area contributed by atoms with Gasteiger partial charge in [-0.15, -0.1) is 0 Å². The van der Waals surface area contributed by atoms with Gasteiger partial charge in [-0.3, -0.25) is 9.97 Å². The SMILES string of the molecule is Cc1ccc(-n2c(C)cc([C@@H]3[C@@H](c4ccccn4)NC(=S)N3Cc3ccncc3)c2C)nc1. The van der Waals surface area contributed by atoms with Crippen LogP contribution in [0.2, 0.25) is 0 Å². The van der Waals surface area contributed by atoms with Gasteiger partial charge in [0.15, 0.2) is 5.11 Å². The summed E-state index contributed by atoms with van der Waals surface area (Å²) >= 11 is 5.84. The molecule has 6 nitrogen and oxygen atoms in total. The fourth-order valence-electron chi connectivity index (χ4n) is 4.63. The second-order valence-electron chi connectivity index (χ2n) is 8.47. The first-order valence-electron chi connectivity index (χ1n) is 11.0. The van der Waals surface area contributed by atoms with Crippen LogP contribution in [0.25, 0.3) is 5.82 Å². The fraction of sp³-hybridized carbons (Fsp3) is 0.231. The smallest absolute Gasteiger partial charge is 0.170 e. The minimum atomic E-state index is -0.0551. The molecule has 7 heteroatoms. The van der Waals surface area contributed by atoms with Crippen molar-refractivity contribution < 1.29 is 0 Å². The van der Waals surface area contributed by atoms with E-state index in [1.807, 2.05) is 49.1 Å². The van der Waals surface area contributed by atoms with Gasteiger partial charge in [0.25, 0.3) is 0 Å². The van der Waals surface area contributed by atoms with Crippen LogP contribution in [0.4, 0.5) is 0 Å². The van der Waals surface area contributed by atoms with Crippen LogP contribution in [0, 0.1) is 20.8 Å². The van der Waals surface area contributed by atoms with E-state index < -0.39 is 0 Å². The summed E-state index contributed by atoms with van der Waals surface area (Å²) in [5, 5.41) is 4.27. The molecule has 33 heavy (non-hydrogen) atoms. The highest BCUT2D eigenvalue weighted by Crippen LogP contribution is 2.42. The molecule has 5 heterocycles. The van der Waals surface area contributed by atoms with Crippen LogP contribution in [0.15, 0.2) is 73.3 Å². The predicted molar refractivity (Wildman–Crippen MR) is 133 cm³/mol. The van der Waals surface area contributed by atoms with E-state index in [4.69, 9.17) is 12.2 Å². The molecule has 0 radical (unpaired) electrons. The first kappa shape index (κ1) is 21.3. The Morgan fingerprint density at radius 1 is 0.970 bits per heavy atom. The summed E-state index contributed by atoms with van der Waals surface area (Å²) in [7, 11) is 0. The third-order valence-electron chi connectivity index (χ3n) is 6.21. The molecule has 0 amide bonds. The number of thiocarbonyl (C=S) groups is 1. The van der Waals surface area contributed by atoms with Crippen molar-refractivity contribution in [3.8, 4) is 5.82 Å². The molecule has 5 rings (SSSR count). The van der Waals surface area contributed by atoms with Gasteiger partial charge in [-0.25, -0.2) is 4.98 Å². The first-order chi connectivity index (χ1) is 16.0. The molecule has 0 aromatic carbocycles. The molecule has 2 atom stereocenters. The van der Waals surface area contributed by atoms with Crippen molar-refractivity contribution >= 4 is 17.3 Å². The highest BCUT2D eigenvalue weighted by molar-refractivity contribution is 7.80. The summed E-state index contributed by atoms with van der Waals surface area (Å²) in [4.78, 5) is 15.8. The fourth-order valence-corrected chi connectivity index (χ4v) is 4.94. The number of nitrogens with zero attached hydrogens (tertiary/aromatic N) is 5. The zero-order valence-corrected chi connectivity index (χ0v) is 19.8. The highest BCUT2D eigenvalue weighted by atomic mass is 32.1. The molecule has 0 unspecified atom stereocenters. The van der Waals surface area contributed by atoms with Crippen molar-refractivity contribution in [1.29, 1.82) is 0 Å². The number of hydrogen-bond acceptors (Lipinski definition) is 4. The zero-order chi connectivity index (χ0) is 22.9. The van der Waals surface area contributed by atoms with Gasteiger partial charge in [0, 0.05) is 42.7 Å². The van der Waals surface area contributed by atoms with Crippen molar-refractivity contribution in [3.63, 3.8) is 0 Å². The van der Waals surface area contributed by atoms with Gasteiger partial charge in [0.05, 0.1) is 17.8 Å². The molecule has 1 fully saturated rings. The van der Waals surface area contributed by atoms with Gasteiger partial charge in [0.1, 0.15) is 5.82 Å². The Morgan fingerprint density at radius 3 is 2.48 bits per heavy atom. The Morgan fingerprint density at radius 2 is 1.79 bits per heavy atom. The summed E-state index contributed by atoms with van der Waals surface area (Å²) < 4.78 is 2.22. The van der Waals surface area contributed by atoms with Gasteiger partial charge < -0.3 is 14.8 Å². The van der Waals surface area contributed by atoms with E-state index in [1.165, 1.54) is 5.56 Å². The minimum Gasteiger partial charge on any atom is -0.352 e.